The molecule has 1 rings (SSSR count). The van der Waals surface area contributed by atoms with Crippen LogP contribution in [0.4, 0.5) is 0 Å². The molecule has 0 heterocycles. The second kappa shape index (κ2) is 8.27. The van der Waals surface area contributed by atoms with Gasteiger partial charge in [0.15, 0.2) is 0 Å². The van der Waals surface area contributed by atoms with Crippen LogP contribution in [0.25, 0.3) is 0 Å². The molecule has 1 fully saturated rings. The van der Waals surface area contributed by atoms with E-state index in [4.69, 9.17) is 10.2 Å². The Kier molecular flexibility index (Phi) is 9.48. The van der Waals surface area contributed by atoms with Gasteiger partial charge in [-0.15, -0.1) is 0 Å². The molecule has 0 aliphatic heterocycles. The fourth-order valence-corrected chi connectivity index (χ4v) is 2.38. The first kappa shape index (κ1) is 19.5. The zero-order chi connectivity index (χ0) is 11.6. The summed E-state index contributed by atoms with van der Waals surface area (Å²) in [7, 11) is 0. The summed E-state index contributed by atoms with van der Waals surface area (Å²) in [5.74, 6) is -2.55. The molecule has 1 aliphatic rings. The molecule has 0 aromatic carbocycles. The monoisotopic (exact) mass is 230 g/mol. The third-order valence-electron chi connectivity index (χ3n) is 3.47. The predicted molar refractivity (Wildman–Crippen MR) is 56.7 cm³/mol. The number of hydrogen-bond acceptors (Lipinski definition) is 2. The van der Waals surface area contributed by atoms with Gasteiger partial charge in [-0.25, -0.2) is 0 Å². The molecular weight excluding hydrogens is 210 g/mol. The summed E-state index contributed by atoms with van der Waals surface area (Å²) in [4.78, 5) is 21.9. The van der Waals surface area contributed by atoms with Gasteiger partial charge in [-0.3, -0.25) is 9.59 Å². The van der Waals surface area contributed by atoms with E-state index in [0.29, 0.717) is 24.7 Å². The summed E-state index contributed by atoms with van der Waals surface area (Å²) in [6.07, 6.45) is 1.83. The number of rotatable bonds is 3. The summed E-state index contributed by atoms with van der Waals surface area (Å²) in [5, 5.41) is 17.9. The van der Waals surface area contributed by atoms with Crippen LogP contribution in [-0.4, -0.2) is 22.2 Å². The number of aliphatic carboxylic acids is 2. The number of carboxylic acids is 2. The maximum Gasteiger partial charge on any atom is 1.00 e. The van der Waals surface area contributed by atoms with E-state index >= 15 is 0 Å². The SMILES string of the molecule is CC(C)C1CCC(C(=O)O)C(C(=O)O)C1.[H-].[H-].[Li+].[Li+]. The number of hydrogen-bond donors (Lipinski definition) is 2. The quantitative estimate of drug-likeness (QED) is 0.486. The zero-order valence-corrected chi connectivity index (χ0v) is 11.1. The van der Waals surface area contributed by atoms with Crippen LogP contribution >= 0.6 is 0 Å². The van der Waals surface area contributed by atoms with Crippen molar-refractivity contribution in [1.29, 1.82) is 0 Å². The van der Waals surface area contributed by atoms with Crippen LogP contribution in [0.15, 0.2) is 0 Å². The molecule has 0 spiro atoms. The average molecular weight is 230 g/mol. The van der Waals surface area contributed by atoms with Gasteiger partial charge in [-0.2, -0.15) is 0 Å². The van der Waals surface area contributed by atoms with Crippen molar-refractivity contribution >= 4 is 11.9 Å². The maximum atomic E-state index is 11.0. The van der Waals surface area contributed by atoms with Crippen LogP contribution in [0.5, 0.6) is 0 Å². The molecule has 0 aromatic heterocycles. The van der Waals surface area contributed by atoms with E-state index in [2.05, 4.69) is 13.8 Å². The first-order chi connectivity index (χ1) is 6.93. The molecule has 0 amide bonds. The van der Waals surface area contributed by atoms with Crippen LogP contribution in [0.1, 0.15) is 36.0 Å². The van der Waals surface area contributed by atoms with Crippen LogP contribution in [0.2, 0.25) is 0 Å². The Morgan fingerprint density at radius 2 is 1.53 bits per heavy atom. The third-order valence-corrected chi connectivity index (χ3v) is 3.47. The summed E-state index contributed by atoms with van der Waals surface area (Å²) < 4.78 is 0. The van der Waals surface area contributed by atoms with Crippen LogP contribution in [-0.2, 0) is 9.59 Å². The molecule has 90 valence electrons. The molecule has 0 saturated heterocycles. The van der Waals surface area contributed by atoms with Crippen LogP contribution in [0, 0.1) is 23.7 Å². The Morgan fingerprint density at radius 3 is 1.88 bits per heavy atom. The van der Waals surface area contributed by atoms with Crippen molar-refractivity contribution < 1.29 is 60.4 Å². The molecule has 1 aliphatic carbocycles. The van der Waals surface area contributed by atoms with Crippen LogP contribution < -0.4 is 37.7 Å². The summed E-state index contributed by atoms with van der Waals surface area (Å²) in [5.41, 5.74) is 0. The van der Waals surface area contributed by atoms with Gasteiger partial charge < -0.3 is 13.1 Å². The predicted octanol–water partition coefficient (Wildman–Crippen LogP) is -3.92. The van der Waals surface area contributed by atoms with E-state index in [1.165, 1.54) is 0 Å². The van der Waals surface area contributed by atoms with Gasteiger partial charge in [0.05, 0.1) is 11.8 Å². The van der Waals surface area contributed by atoms with E-state index in [1.807, 2.05) is 0 Å². The summed E-state index contributed by atoms with van der Waals surface area (Å²) in [6, 6.07) is 0. The standard InChI is InChI=1S/C11H18O4.2Li.2H/c1-6(2)7-3-4-8(10(12)13)9(5-7)11(14)15;;;;/h6-9H,3-5H2,1-2H3,(H,12,13)(H,14,15);;;;/q;2*+1;2*-1. The summed E-state index contributed by atoms with van der Waals surface area (Å²) >= 11 is 0. The van der Waals surface area contributed by atoms with Crippen molar-refractivity contribution in [2.24, 2.45) is 23.7 Å². The van der Waals surface area contributed by atoms with E-state index in [9.17, 15) is 9.59 Å². The van der Waals surface area contributed by atoms with Crippen molar-refractivity contribution in [1.82, 2.24) is 0 Å². The van der Waals surface area contributed by atoms with Crippen molar-refractivity contribution in [2.45, 2.75) is 33.1 Å². The Labute approximate surface area is 129 Å². The Morgan fingerprint density at radius 1 is 1.06 bits per heavy atom. The zero-order valence-electron chi connectivity index (χ0n) is 13.1. The normalized spacial score (nSPS) is 27.8. The van der Waals surface area contributed by atoms with Gasteiger partial charge in [0.1, 0.15) is 0 Å². The summed E-state index contributed by atoms with van der Waals surface area (Å²) in [6.45, 7) is 4.12. The molecule has 3 atom stereocenters. The van der Waals surface area contributed by atoms with Gasteiger partial charge in [-0.05, 0) is 31.1 Å². The molecule has 1 saturated carbocycles. The number of carbonyl (C=O) groups is 2. The molecule has 2 N–H and O–H groups in total. The smallest absolute Gasteiger partial charge is 1.00 e. The Hall–Kier alpha value is 0.135. The van der Waals surface area contributed by atoms with Crippen LogP contribution in [0.3, 0.4) is 0 Å². The Balaban J connectivity index is -0.000000281. The molecule has 17 heavy (non-hydrogen) atoms. The fourth-order valence-electron chi connectivity index (χ4n) is 2.38. The molecule has 3 unspecified atom stereocenters. The Bertz CT molecular complexity index is 277. The molecule has 0 radical (unpaired) electrons. The van der Waals surface area contributed by atoms with Gasteiger partial charge in [0, 0.05) is 0 Å². The fraction of sp³-hybridized carbons (Fsp3) is 0.818. The van der Waals surface area contributed by atoms with E-state index in [1.54, 1.807) is 0 Å². The van der Waals surface area contributed by atoms with E-state index < -0.39 is 23.8 Å². The van der Waals surface area contributed by atoms with E-state index in [-0.39, 0.29) is 40.6 Å². The molecule has 0 aromatic rings. The average Bonchev–Trinajstić information content (AvgIpc) is 2.16. The van der Waals surface area contributed by atoms with Gasteiger partial charge in [0.2, 0.25) is 0 Å². The minimum atomic E-state index is -0.968. The maximum absolute atomic E-state index is 11.0. The second-order valence-corrected chi connectivity index (χ2v) is 4.71. The minimum Gasteiger partial charge on any atom is -1.00 e. The molecular formula is C11H20Li2O4. The minimum absolute atomic E-state index is 0. The molecule has 6 heteroatoms. The van der Waals surface area contributed by atoms with E-state index in [0.717, 1.165) is 6.42 Å². The molecule has 0 bridgehead atoms. The second-order valence-electron chi connectivity index (χ2n) is 4.71. The third kappa shape index (κ3) is 5.10. The first-order valence-corrected chi connectivity index (χ1v) is 5.39. The molecule has 4 nitrogen and oxygen atoms in total. The first-order valence-electron chi connectivity index (χ1n) is 5.39. The topological polar surface area (TPSA) is 74.6 Å². The number of carboxylic acid groups (broad SMARTS) is 2. The van der Waals surface area contributed by atoms with Gasteiger partial charge in [0.25, 0.3) is 0 Å². The van der Waals surface area contributed by atoms with Gasteiger partial charge in [-0.1, -0.05) is 13.8 Å². The van der Waals surface area contributed by atoms with Crippen molar-refractivity contribution in [2.75, 3.05) is 0 Å². The van der Waals surface area contributed by atoms with Crippen molar-refractivity contribution in [3.05, 3.63) is 0 Å². The van der Waals surface area contributed by atoms with Crippen molar-refractivity contribution in [3.8, 4) is 0 Å². The van der Waals surface area contributed by atoms with Gasteiger partial charge >= 0.3 is 49.7 Å². The van der Waals surface area contributed by atoms with Crippen molar-refractivity contribution in [3.63, 3.8) is 0 Å². The largest absolute Gasteiger partial charge is 1.00 e.